The van der Waals surface area contributed by atoms with Crippen molar-refractivity contribution >= 4 is 25.9 Å². The van der Waals surface area contributed by atoms with Gasteiger partial charge < -0.3 is 33.1 Å². The summed E-state index contributed by atoms with van der Waals surface area (Å²) in [5.41, 5.74) is 0. The van der Waals surface area contributed by atoms with Gasteiger partial charge in [0.15, 0.2) is 18.0 Å². The number of quaternary nitrogens is 1. The van der Waals surface area contributed by atoms with Crippen LogP contribution in [-0.2, 0) is 32.7 Å². The van der Waals surface area contributed by atoms with Gasteiger partial charge in [-0.15, -0.1) is 0 Å². The zero-order valence-electron chi connectivity index (χ0n) is 25.5. The molecule has 0 aromatic rings. The molecule has 0 heterocycles. The Hall–Kier alpha value is -1.16. The molecule has 0 saturated carbocycles. The molecule has 0 aromatic heterocycles. The first-order valence-electron chi connectivity index (χ1n) is 15.2. The van der Waals surface area contributed by atoms with Gasteiger partial charge in [-0.1, -0.05) is 84.0 Å². The summed E-state index contributed by atoms with van der Waals surface area (Å²) in [5, 5.41) is 9.83. The number of rotatable bonds is 28. The predicted octanol–water partition coefficient (Wildman–Crippen LogP) is 4.89. The molecule has 0 radical (unpaired) electrons. The number of carbonyl (C=O) groups excluding carboxylic acids is 3. The molecule has 0 saturated heterocycles. The summed E-state index contributed by atoms with van der Waals surface area (Å²) >= 11 is 0. The zero-order chi connectivity index (χ0) is 30.3. The number of aliphatic hydroxyl groups excluding tert-OH is 1. The van der Waals surface area contributed by atoms with Crippen LogP contribution in [0.2, 0.25) is 0 Å². The molecule has 11 heteroatoms. The van der Waals surface area contributed by atoms with Crippen molar-refractivity contribution in [3.05, 3.63) is 0 Å². The minimum atomic E-state index is -4.93. The lowest BCUT2D eigenvalue weighted by Crippen LogP contribution is -2.43. The lowest BCUT2D eigenvalue weighted by atomic mass is 10.0. The van der Waals surface area contributed by atoms with Crippen LogP contribution in [0.3, 0.4) is 0 Å². The van der Waals surface area contributed by atoms with Crippen LogP contribution in [0.1, 0.15) is 116 Å². The van der Waals surface area contributed by atoms with Gasteiger partial charge in [-0.3, -0.25) is 14.2 Å². The van der Waals surface area contributed by atoms with Gasteiger partial charge in [0.1, 0.15) is 19.4 Å². The molecule has 0 bridgehead atoms. The van der Waals surface area contributed by atoms with Crippen molar-refractivity contribution in [2.24, 2.45) is 0 Å². The van der Waals surface area contributed by atoms with E-state index in [2.05, 4.69) is 6.92 Å². The number of aliphatic hydroxyl groups is 1. The fourth-order valence-electron chi connectivity index (χ4n) is 4.14. The Balaban J connectivity index is 4.76. The number of Topliss-reactive ketones (excluding diaryl/α,β-unsaturated/α-hetero) is 1. The standard InChI is InChI=1S/C29H56NO9P/c1-5-6-7-8-9-10-11-12-13-14-15-16-17-20-26(33)29(27(25-32)38-28(34)21-18-19-23-31)39-40(35,36)37-24-22-30(2,3)4/h23,27,29,32H,5-22,24-25H2,1-4H3/t27-,29?/m0/s1. The third-order valence-electron chi connectivity index (χ3n) is 6.60. The number of phosphoric ester groups is 1. The number of phosphoric acid groups is 1. The van der Waals surface area contributed by atoms with E-state index in [1.807, 2.05) is 21.1 Å². The average molecular weight is 594 g/mol. The van der Waals surface area contributed by atoms with Crippen molar-refractivity contribution in [1.29, 1.82) is 0 Å². The first-order valence-corrected chi connectivity index (χ1v) is 16.6. The first-order chi connectivity index (χ1) is 19.0. The van der Waals surface area contributed by atoms with Crippen LogP contribution in [0.5, 0.6) is 0 Å². The highest BCUT2D eigenvalue weighted by Gasteiger charge is 2.35. The van der Waals surface area contributed by atoms with E-state index in [0.29, 0.717) is 23.7 Å². The molecule has 10 nitrogen and oxygen atoms in total. The highest BCUT2D eigenvalue weighted by atomic mass is 31.2. The fraction of sp³-hybridized carbons (Fsp3) is 0.897. The molecule has 0 aliphatic carbocycles. The summed E-state index contributed by atoms with van der Waals surface area (Å²) in [6.45, 7) is 1.65. The largest absolute Gasteiger partial charge is 0.756 e. The van der Waals surface area contributed by atoms with Gasteiger partial charge in [-0.05, 0) is 12.8 Å². The quantitative estimate of drug-likeness (QED) is 0.0442. The molecule has 0 fully saturated rings. The van der Waals surface area contributed by atoms with Crippen LogP contribution in [-0.4, -0.2) is 80.7 Å². The molecular formula is C29H56NO9P. The zero-order valence-corrected chi connectivity index (χ0v) is 26.4. The maximum atomic E-state index is 13.0. The van der Waals surface area contributed by atoms with Crippen molar-refractivity contribution in [2.75, 3.05) is 40.9 Å². The van der Waals surface area contributed by atoms with E-state index in [4.69, 9.17) is 13.8 Å². The number of ether oxygens (including phenoxy) is 1. The lowest BCUT2D eigenvalue weighted by molar-refractivity contribution is -0.870. The Morgan fingerprint density at radius 3 is 1.88 bits per heavy atom. The summed E-state index contributed by atoms with van der Waals surface area (Å²) in [6.07, 6.45) is 12.7. The molecule has 0 aliphatic heterocycles. The van der Waals surface area contributed by atoms with E-state index in [0.717, 1.165) is 25.7 Å². The average Bonchev–Trinajstić information content (AvgIpc) is 2.88. The smallest absolute Gasteiger partial charge is 0.306 e. The molecule has 1 N–H and O–H groups in total. The Morgan fingerprint density at radius 2 is 1.40 bits per heavy atom. The van der Waals surface area contributed by atoms with Crippen LogP contribution >= 0.6 is 7.82 Å². The van der Waals surface area contributed by atoms with Crippen molar-refractivity contribution in [3.8, 4) is 0 Å². The molecule has 0 aromatic carbocycles. The summed E-state index contributed by atoms with van der Waals surface area (Å²) in [5.74, 6) is -1.33. The maximum Gasteiger partial charge on any atom is 0.306 e. The number of carbonyl (C=O) groups is 3. The van der Waals surface area contributed by atoms with E-state index in [-0.39, 0.29) is 32.3 Å². The lowest BCUT2D eigenvalue weighted by Gasteiger charge is -2.32. The number of aldehydes is 1. The SMILES string of the molecule is CCCCCCCCCCCCCCCC(=O)C(OP(=O)([O-])OCC[N+](C)(C)C)[C@H](CO)OC(=O)CCCC=O. The predicted molar refractivity (Wildman–Crippen MR) is 154 cm³/mol. The summed E-state index contributed by atoms with van der Waals surface area (Å²) in [6, 6.07) is 0. The molecule has 3 atom stereocenters. The number of nitrogens with zero attached hydrogens (tertiary/aromatic N) is 1. The monoisotopic (exact) mass is 593 g/mol. The minimum absolute atomic E-state index is 0.0283. The van der Waals surface area contributed by atoms with Crippen LogP contribution in [0.4, 0.5) is 0 Å². The Kier molecular flexibility index (Phi) is 22.7. The van der Waals surface area contributed by atoms with E-state index < -0.39 is 38.4 Å². The summed E-state index contributed by atoms with van der Waals surface area (Å²) in [4.78, 5) is 48.2. The van der Waals surface area contributed by atoms with Gasteiger partial charge in [-0.25, -0.2) is 0 Å². The third kappa shape index (κ3) is 22.5. The maximum absolute atomic E-state index is 13.0. The van der Waals surface area contributed by atoms with E-state index >= 15 is 0 Å². The molecular weight excluding hydrogens is 537 g/mol. The van der Waals surface area contributed by atoms with Gasteiger partial charge in [0.25, 0.3) is 7.82 Å². The van der Waals surface area contributed by atoms with Crippen molar-refractivity contribution in [3.63, 3.8) is 0 Å². The molecule has 40 heavy (non-hydrogen) atoms. The first kappa shape index (κ1) is 38.8. The highest BCUT2D eigenvalue weighted by Crippen LogP contribution is 2.41. The van der Waals surface area contributed by atoms with Gasteiger partial charge >= 0.3 is 5.97 Å². The molecule has 236 valence electrons. The van der Waals surface area contributed by atoms with Gasteiger partial charge in [0, 0.05) is 19.3 Å². The number of ketones is 1. The van der Waals surface area contributed by atoms with Crippen LogP contribution < -0.4 is 4.89 Å². The number of likely N-dealkylation sites (N-methyl/N-ethyl adjacent to an activating group) is 1. The Morgan fingerprint density at radius 1 is 0.875 bits per heavy atom. The van der Waals surface area contributed by atoms with Crippen LogP contribution in [0.15, 0.2) is 0 Å². The second-order valence-electron chi connectivity index (χ2n) is 11.5. The molecule has 0 amide bonds. The number of hydrogen-bond acceptors (Lipinski definition) is 9. The number of unbranched alkanes of at least 4 members (excludes halogenated alkanes) is 13. The highest BCUT2D eigenvalue weighted by molar-refractivity contribution is 7.45. The fourth-order valence-corrected chi connectivity index (χ4v) is 5.04. The Labute approximate surface area is 242 Å². The van der Waals surface area contributed by atoms with Gasteiger partial charge in [-0.2, -0.15) is 0 Å². The summed E-state index contributed by atoms with van der Waals surface area (Å²) < 4.78 is 28.2. The van der Waals surface area contributed by atoms with E-state index in [9.17, 15) is 28.9 Å². The van der Waals surface area contributed by atoms with E-state index in [1.165, 1.54) is 51.4 Å². The molecule has 0 aliphatic rings. The van der Waals surface area contributed by atoms with Crippen molar-refractivity contribution < 1.29 is 47.2 Å². The van der Waals surface area contributed by atoms with Crippen LogP contribution in [0.25, 0.3) is 0 Å². The van der Waals surface area contributed by atoms with E-state index in [1.54, 1.807) is 0 Å². The Bertz CT molecular complexity index is 727. The second-order valence-corrected chi connectivity index (χ2v) is 12.9. The van der Waals surface area contributed by atoms with Gasteiger partial charge in [0.05, 0.1) is 27.7 Å². The minimum Gasteiger partial charge on any atom is -0.756 e. The molecule has 2 unspecified atom stereocenters. The van der Waals surface area contributed by atoms with Crippen molar-refractivity contribution in [1.82, 2.24) is 0 Å². The normalized spacial score (nSPS) is 14.8. The summed E-state index contributed by atoms with van der Waals surface area (Å²) in [7, 11) is 0.680. The van der Waals surface area contributed by atoms with Gasteiger partial charge in [0.2, 0.25) is 0 Å². The van der Waals surface area contributed by atoms with Crippen LogP contribution in [0, 0.1) is 0 Å². The molecule has 0 rings (SSSR count). The second kappa shape index (κ2) is 23.4. The van der Waals surface area contributed by atoms with Crippen molar-refractivity contribution in [2.45, 2.75) is 128 Å². The number of hydrogen-bond donors (Lipinski definition) is 1. The topological polar surface area (TPSA) is 139 Å². The number of esters is 1. The third-order valence-corrected chi connectivity index (χ3v) is 7.59. The molecule has 0 spiro atoms.